The number of carbonyl (C=O) groups is 1. The maximum absolute atomic E-state index is 13.2. The zero-order valence-corrected chi connectivity index (χ0v) is 20.4. The number of aryl methyl sites for hydroxylation is 2. The highest BCUT2D eigenvalue weighted by atomic mass is 16.2. The first-order valence-electron chi connectivity index (χ1n) is 12.5. The molecule has 0 bridgehead atoms. The van der Waals surface area contributed by atoms with E-state index in [1.165, 1.54) is 5.56 Å². The van der Waals surface area contributed by atoms with Gasteiger partial charge >= 0.3 is 5.69 Å². The highest BCUT2D eigenvalue weighted by molar-refractivity contribution is 5.77. The summed E-state index contributed by atoms with van der Waals surface area (Å²) < 4.78 is 3.47. The fourth-order valence-corrected chi connectivity index (χ4v) is 4.94. The Morgan fingerprint density at radius 2 is 1.94 bits per heavy atom. The van der Waals surface area contributed by atoms with Crippen LogP contribution >= 0.6 is 0 Å². The molecule has 8 nitrogen and oxygen atoms in total. The Balaban J connectivity index is 1.63. The number of amides is 1. The maximum atomic E-state index is 13.2. The third kappa shape index (κ3) is 4.86. The van der Waals surface area contributed by atoms with E-state index in [-0.39, 0.29) is 17.9 Å². The number of hydrogen-bond donors (Lipinski definition) is 1. The summed E-state index contributed by atoms with van der Waals surface area (Å²) in [6.07, 6.45) is 4.47. The molecule has 1 saturated heterocycles. The van der Waals surface area contributed by atoms with Crippen molar-refractivity contribution < 1.29 is 4.79 Å². The van der Waals surface area contributed by atoms with E-state index in [0.29, 0.717) is 42.9 Å². The van der Waals surface area contributed by atoms with Crippen LogP contribution in [-0.2, 0) is 24.3 Å². The second-order valence-corrected chi connectivity index (χ2v) is 9.63. The molecule has 0 spiro atoms. The Labute approximate surface area is 199 Å². The summed E-state index contributed by atoms with van der Waals surface area (Å²) in [6.45, 7) is 8.09. The number of nitrogens with one attached hydrogen (secondary N) is 1. The van der Waals surface area contributed by atoms with E-state index in [1.807, 2.05) is 27.7 Å². The topological polar surface area (TPSA) is 93.0 Å². The monoisotopic (exact) mass is 465 g/mol. The molecule has 34 heavy (non-hydrogen) atoms. The molecule has 2 aromatic heterocycles. The number of hydrogen-bond acceptors (Lipinski definition) is 4. The van der Waals surface area contributed by atoms with Crippen molar-refractivity contribution in [3.05, 3.63) is 62.6 Å². The summed E-state index contributed by atoms with van der Waals surface area (Å²) >= 11 is 0. The minimum Gasteiger partial charge on any atom is -0.336 e. The molecule has 1 fully saturated rings. The third-order valence-corrected chi connectivity index (χ3v) is 6.57. The minimum absolute atomic E-state index is 0.104. The van der Waals surface area contributed by atoms with E-state index in [1.54, 1.807) is 4.57 Å². The lowest BCUT2D eigenvalue weighted by Gasteiger charge is -2.25. The van der Waals surface area contributed by atoms with E-state index in [9.17, 15) is 14.4 Å². The molecule has 3 heterocycles. The summed E-state index contributed by atoms with van der Waals surface area (Å²) in [6, 6.07) is 10.3. The van der Waals surface area contributed by atoms with Crippen molar-refractivity contribution >= 4 is 17.1 Å². The molecule has 182 valence electrons. The number of H-pyrrole nitrogens is 1. The quantitative estimate of drug-likeness (QED) is 0.522. The standard InChI is InChI=1S/C26H35N5O3/c1-4-5-15-30-24-23(25(33)28-26(30)34)31(17-18(2)3)21(27-24)13-14-22(32)29-16-9-12-20(29)19-10-7-6-8-11-19/h6-8,10-11,18,20H,4-5,9,12-17H2,1-3H3,(H,28,33,34). The molecule has 0 aliphatic carbocycles. The predicted octanol–water partition coefficient (Wildman–Crippen LogP) is 3.64. The zero-order valence-electron chi connectivity index (χ0n) is 20.4. The fraction of sp³-hybridized carbons (Fsp3) is 0.538. The van der Waals surface area contributed by atoms with Crippen molar-refractivity contribution in [1.29, 1.82) is 0 Å². The van der Waals surface area contributed by atoms with Crippen LogP contribution in [0.1, 0.15) is 70.3 Å². The van der Waals surface area contributed by atoms with Crippen molar-refractivity contribution in [2.75, 3.05) is 6.54 Å². The van der Waals surface area contributed by atoms with Crippen LogP contribution in [0.25, 0.3) is 11.2 Å². The number of aromatic amines is 1. The third-order valence-electron chi connectivity index (χ3n) is 6.57. The van der Waals surface area contributed by atoms with Gasteiger partial charge in [-0.15, -0.1) is 0 Å². The lowest BCUT2D eigenvalue weighted by atomic mass is 10.0. The minimum atomic E-state index is -0.425. The summed E-state index contributed by atoms with van der Waals surface area (Å²) in [5.41, 5.74) is 1.18. The van der Waals surface area contributed by atoms with E-state index >= 15 is 0 Å². The van der Waals surface area contributed by atoms with Gasteiger partial charge in [-0.25, -0.2) is 9.78 Å². The van der Waals surface area contributed by atoms with Crippen molar-refractivity contribution in [2.24, 2.45) is 5.92 Å². The first-order chi connectivity index (χ1) is 16.4. The molecule has 3 aromatic rings. The van der Waals surface area contributed by atoms with E-state index in [4.69, 9.17) is 4.98 Å². The van der Waals surface area contributed by atoms with Crippen LogP contribution in [0, 0.1) is 5.92 Å². The summed E-state index contributed by atoms with van der Waals surface area (Å²) in [4.78, 5) is 47.7. The highest BCUT2D eigenvalue weighted by Gasteiger charge is 2.30. The van der Waals surface area contributed by atoms with Gasteiger partial charge in [-0.05, 0) is 30.7 Å². The predicted molar refractivity (Wildman–Crippen MR) is 133 cm³/mol. The average Bonchev–Trinajstić information content (AvgIpc) is 3.43. The molecule has 1 N–H and O–H groups in total. The highest BCUT2D eigenvalue weighted by Crippen LogP contribution is 2.32. The number of likely N-dealkylation sites (tertiary alicyclic amines) is 1. The molecular weight excluding hydrogens is 430 g/mol. The molecule has 0 radical (unpaired) electrons. The van der Waals surface area contributed by atoms with Gasteiger partial charge < -0.3 is 9.47 Å². The van der Waals surface area contributed by atoms with Crippen LogP contribution in [0.5, 0.6) is 0 Å². The van der Waals surface area contributed by atoms with Gasteiger partial charge in [-0.1, -0.05) is 57.5 Å². The number of unbranched alkanes of at least 4 members (excludes halogenated alkanes) is 1. The molecule has 0 saturated carbocycles. The first-order valence-corrected chi connectivity index (χ1v) is 12.5. The smallest absolute Gasteiger partial charge is 0.330 e. The van der Waals surface area contributed by atoms with E-state index < -0.39 is 11.2 Å². The number of nitrogens with zero attached hydrogens (tertiary/aromatic N) is 4. The number of fused-ring (bicyclic) bond motifs is 1. The van der Waals surface area contributed by atoms with Crippen molar-refractivity contribution in [1.82, 2.24) is 24.0 Å². The number of carbonyl (C=O) groups excluding carboxylic acids is 1. The molecule has 1 unspecified atom stereocenters. The Hall–Kier alpha value is -3.16. The van der Waals surface area contributed by atoms with Crippen LogP contribution in [0.4, 0.5) is 0 Å². The molecule has 1 aromatic carbocycles. The lowest BCUT2D eigenvalue weighted by Crippen LogP contribution is -2.31. The Morgan fingerprint density at radius 1 is 1.18 bits per heavy atom. The average molecular weight is 466 g/mol. The molecule has 1 aliphatic heterocycles. The van der Waals surface area contributed by atoms with Crippen LogP contribution in [0.15, 0.2) is 39.9 Å². The summed E-state index contributed by atoms with van der Waals surface area (Å²) in [5, 5.41) is 0. The Morgan fingerprint density at radius 3 is 2.65 bits per heavy atom. The maximum Gasteiger partial charge on any atom is 0.330 e. The van der Waals surface area contributed by atoms with Gasteiger partial charge in [0.15, 0.2) is 11.2 Å². The van der Waals surface area contributed by atoms with Crippen molar-refractivity contribution in [3.63, 3.8) is 0 Å². The van der Waals surface area contributed by atoms with Crippen LogP contribution < -0.4 is 11.2 Å². The van der Waals surface area contributed by atoms with Gasteiger partial charge in [0.05, 0.1) is 6.04 Å². The SMILES string of the molecule is CCCCn1c(=O)[nH]c(=O)c2c1nc(CCC(=O)N1CCCC1c1ccccc1)n2CC(C)C. The van der Waals surface area contributed by atoms with Crippen LogP contribution in [0.2, 0.25) is 0 Å². The number of benzene rings is 1. The van der Waals surface area contributed by atoms with Gasteiger partial charge in [-0.3, -0.25) is 19.1 Å². The molecule has 1 aliphatic rings. The van der Waals surface area contributed by atoms with Crippen molar-refractivity contribution in [2.45, 2.75) is 78.4 Å². The fourth-order valence-electron chi connectivity index (χ4n) is 4.94. The molecule has 1 amide bonds. The molecular formula is C26H35N5O3. The summed E-state index contributed by atoms with van der Waals surface area (Å²) in [5.74, 6) is 1.07. The molecule has 1 atom stereocenters. The molecule has 4 rings (SSSR count). The van der Waals surface area contributed by atoms with Gasteiger partial charge in [-0.2, -0.15) is 0 Å². The molecule has 8 heteroatoms. The number of aromatic nitrogens is 4. The van der Waals surface area contributed by atoms with Gasteiger partial charge in [0.1, 0.15) is 5.82 Å². The number of imidazole rings is 1. The Kier molecular flexibility index (Phi) is 7.34. The summed E-state index contributed by atoms with van der Waals surface area (Å²) in [7, 11) is 0. The second kappa shape index (κ2) is 10.4. The van der Waals surface area contributed by atoms with Crippen LogP contribution in [0.3, 0.4) is 0 Å². The van der Waals surface area contributed by atoms with E-state index in [2.05, 4.69) is 37.9 Å². The Bertz CT molecular complexity index is 1260. The zero-order chi connectivity index (χ0) is 24.2. The van der Waals surface area contributed by atoms with Gasteiger partial charge in [0.25, 0.3) is 5.56 Å². The second-order valence-electron chi connectivity index (χ2n) is 9.63. The van der Waals surface area contributed by atoms with E-state index in [0.717, 1.165) is 32.2 Å². The first kappa shape index (κ1) is 24.0. The van der Waals surface area contributed by atoms with Crippen LogP contribution in [-0.4, -0.2) is 36.5 Å². The van der Waals surface area contributed by atoms with Gasteiger partial charge in [0.2, 0.25) is 5.91 Å². The van der Waals surface area contributed by atoms with Crippen molar-refractivity contribution in [3.8, 4) is 0 Å². The lowest BCUT2D eigenvalue weighted by molar-refractivity contribution is -0.132. The largest absolute Gasteiger partial charge is 0.336 e. The van der Waals surface area contributed by atoms with Gasteiger partial charge in [0, 0.05) is 32.5 Å². The number of rotatable bonds is 9. The normalized spacial score (nSPS) is 16.1.